The van der Waals surface area contributed by atoms with Gasteiger partial charge in [0, 0.05) is 11.1 Å². The first-order valence-electron chi connectivity index (χ1n) is 4.98. The van der Waals surface area contributed by atoms with Crippen LogP contribution < -0.4 is 16.0 Å². The highest BCUT2D eigenvalue weighted by Gasteiger charge is 2.18. The fraction of sp³-hybridized carbons (Fsp3) is 0. The second kappa shape index (κ2) is 4.17. The van der Waals surface area contributed by atoms with E-state index in [0.29, 0.717) is 11.1 Å². The van der Waals surface area contributed by atoms with Crippen LogP contribution in [0.15, 0.2) is 40.1 Å². The zero-order valence-electron chi connectivity index (χ0n) is 9.57. The van der Waals surface area contributed by atoms with E-state index in [4.69, 9.17) is 16.0 Å². The molecule has 2 aromatic rings. The molecule has 9 heteroatoms. The Bertz CT molecular complexity index is 873. The van der Waals surface area contributed by atoms with Crippen molar-refractivity contribution in [1.82, 2.24) is 0 Å². The van der Waals surface area contributed by atoms with Crippen LogP contribution in [-0.2, 0) is 20.0 Å². The summed E-state index contributed by atoms with van der Waals surface area (Å²) in [7, 11) is -8.14. The molecule has 19 heavy (non-hydrogen) atoms. The molecule has 7 nitrogen and oxygen atoms in total. The summed E-state index contributed by atoms with van der Waals surface area (Å²) in [4.78, 5) is -0.657. The Morgan fingerprint density at radius 2 is 1.47 bits per heavy atom. The molecule has 0 bridgehead atoms. The molecule has 0 radical (unpaired) electrons. The topological polar surface area (TPSA) is 146 Å². The van der Waals surface area contributed by atoms with Crippen molar-refractivity contribution in [2.75, 3.05) is 5.73 Å². The summed E-state index contributed by atoms with van der Waals surface area (Å²) in [5.41, 5.74) is 5.92. The van der Waals surface area contributed by atoms with Gasteiger partial charge in [0.05, 0.1) is 9.79 Å². The maximum absolute atomic E-state index is 11.5. The predicted molar refractivity (Wildman–Crippen MR) is 71.1 cm³/mol. The van der Waals surface area contributed by atoms with Gasteiger partial charge in [-0.3, -0.25) is 0 Å². The molecule has 2 aromatic carbocycles. The molecule has 0 atom stereocenters. The number of fused-ring (bicyclic) bond motifs is 1. The third-order valence-corrected chi connectivity index (χ3v) is 4.39. The van der Waals surface area contributed by atoms with Gasteiger partial charge in [0.2, 0.25) is 20.0 Å². The molecule has 0 amide bonds. The Balaban J connectivity index is 3.01. The average molecular weight is 301 g/mol. The molecule has 0 saturated carbocycles. The standard InChI is InChI=1S/C10H11N3O4S2/c11-7-2-1-6-3-8(18(12,14)15)5-10(9(6)4-7)19(13,16)17/h1-5H,11H2,(H2,12,14,15)(H2,13,16,17). The molecular weight excluding hydrogens is 290 g/mol. The van der Waals surface area contributed by atoms with E-state index in [0.717, 1.165) is 6.07 Å². The number of rotatable bonds is 2. The van der Waals surface area contributed by atoms with E-state index >= 15 is 0 Å². The van der Waals surface area contributed by atoms with Crippen LogP contribution in [0, 0.1) is 0 Å². The maximum Gasteiger partial charge on any atom is 0.238 e. The van der Waals surface area contributed by atoms with E-state index in [1.54, 1.807) is 0 Å². The molecule has 0 saturated heterocycles. The number of anilines is 1. The van der Waals surface area contributed by atoms with Crippen LogP contribution in [0.2, 0.25) is 0 Å². The minimum atomic E-state index is -4.10. The zero-order valence-corrected chi connectivity index (χ0v) is 11.2. The van der Waals surface area contributed by atoms with E-state index in [9.17, 15) is 16.8 Å². The molecule has 0 spiro atoms. The summed E-state index contributed by atoms with van der Waals surface area (Å²) in [6, 6.07) is 6.60. The normalized spacial score (nSPS) is 12.7. The van der Waals surface area contributed by atoms with Gasteiger partial charge >= 0.3 is 0 Å². The number of sulfonamides is 2. The Hall–Kier alpha value is -1.68. The SMILES string of the molecule is Nc1ccc2cc(S(N)(=O)=O)cc(S(N)(=O)=O)c2c1. The lowest BCUT2D eigenvalue weighted by Crippen LogP contribution is -2.16. The molecule has 102 valence electrons. The summed E-state index contributed by atoms with van der Waals surface area (Å²) in [6.45, 7) is 0. The predicted octanol–water partition coefficient (Wildman–Crippen LogP) is -0.283. The molecule has 6 N–H and O–H groups in total. The van der Waals surface area contributed by atoms with Gasteiger partial charge in [-0.25, -0.2) is 27.1 Å². The smallest absolute Gasteiger partial charge is 0.238 e. The number of nitrogens with two attached hydrogens (primary N) is 3. The van der Waals surface area contributed by atoms with Gasteiger partial charge in [0.1, 0.15) is 0 Å². The summed E-state index contributed by atoms with van der Waals surface area (Å²) < 4.78 is 45.8. The Kier molecular flexibility index (Phi) is 3.01. The van der Waals surface area contributed by atoms with Crippen LogP contribution in [0.1, 0.15) is 0 Å². The van der Waals surface area contributed by atoms with Gasteiger partial charge in [-0.15, -0.1) is 0 Å². The first-order valence-corrected chi connectivity index (χ1v) is 8.07. The molecule has 2 rings (SSSR count). The van der Waals surface area contributed by atoms with Gasteiger partial charge in [-0.05, 0) is 29.7 Å². The summed E-state index contributed by atoms with van der Waals surface area (Å²) in [6.07, 6.45) is 0. The van der Waals surface area contributed by atoms with Crippen LogP contribution in [-0.4, -0.2) is 16.8 Å². The third kappa shape index (κ3) is 2.68. The van der Waals surface area contributed by atoms with Gasteiger partial charge < -0.3 is 5.73 Å². The minimum absolute atomic E-state index is 0.245. The summed E-state index contributed by atoms with van der Waals surface area (Å²) in [5.74, 6) is 0. The van der Waals surface area contributed by atoms with Crippen molar-refractivity contribution < 1.29 is 16.8 Å². The lowest BCUT2D eigenvalue weighted by molar-refractivity contribution is 0.597. The lowest BCUT2D eigenvalue weighted by Gasteiger charge is -2.08. The number of nitrogen functional groups attached to an aromatic ring is 1. The third-order valence-electron chi connectivity index (χ3n) is 2.55. The number of hydrogen-bond donors (Lipinski definition) is 3. The highest BCUT2D eigenvalue weighted by molar-refractivity contribution is 7.90. The first-order chi connectivity index (χ1) is 8.59. The molecule has 0 aliphatic rings. The van der Waals surface area contributed by atoms with E-state index in [1.807, 2.05) is 0 Å². The largest absolute Gasteiger partial charge is 0.399 e. The monoisotopic (exact) mass is 301 g/mol. The van der Waals surface area contributed by atoms with Crippen molar-refractivity contribution in [3.63, 3.8) is 0 Å². The Morgan fingerprint density at radius 3 is 2.00 bits per heavy atom. The van der Waals surface area contributed by atoms with E-state index in [1.165, 1.54) is 24.3 Å². The van der Waals surface area contributed by atoms with Crippen LogP contribution >= 0.6 is 0 Å². The quantitative estimate of drug-likeness (QED) is 0.652. The summed E-state index contributed by atoms with van der Waals surface area (Å²) >= 11 is 0. The second-order valence-electron chi connectivity index (χ2n) is 3.99. The van der Waals surface area contributed by atoms with Crippen molar-refractivity contribution in [3.8, 4) is 0 Å². The van der Waals surface area contributed by atoms with Crippen molar-refractivity contribution in [3.05, 3.63) is 30.3 Å². The molecular formula is C10H11N3O4S2. The van der Waals surface area contributed by atoms with Crippen LogP contribution in [0.25, 0.3) is 10.8 Å². The van der Waals surface area contributed by atoms with Crippen LogP contribution in [0.4, 0.5) is 5.69 Å². The van der Waals surface area contributed by atoms with Crippen molar-refractivity contribution >= 4 is 36.5 Å². The van der Waals surface area contributed by atoms with Crippen LogP contribution in [0.3, 0.4) is 0 Å². The number of benzene rings is 2. The van der Waals surface area contributed by atoms with Gasteiger partial charge in [-0.2, -0.15) is 0 Å². The highest BCUT2D eigenvalue weighted by Crippen LogP contribution is 2.27. The first kappa shape index (κ1) is 13.7. The molecule has 0 aliphatic heterocycles. The van der Waals surface area contributed by atoms with E-state index < -0.39 is 20.0 Å². The van der Waals surface area contributed by atoms with Crippen molar-refractivity contribution in [2.45, 2.75) is 9.79 Å². The zero-order chi connectivity index (χ0) is 14.4. The van der Waals surface area contributed by atoms with E-state index in [-0.39, 0.29) is 15.2 Å². The molecule has 0 heterocycles. The van der Waals surface area contributed by atoms with E-state index in [2.05, 4.69) is 0 Å². The molecule has 0 fully saturated rings. The highest BCUT2D eigenvalue weighted by atomic mass is 32.2. The van der Waals surface area contributed by atoms with Crippen LogP contribution in [0.5, 0.6) is 0 Å². The Labute approximate surface area is 110 Å². The second-order valence-corrected chi connectivity index (χ2v) is 7.08. The van der Waals surface area contributed by atoms with Crippen molar-refractivity contribution in [2.24, 2.45) is 10.3 Å². The number of primary sulfonamides is 2. The number of hydrogen-bond acceptors (Lipinski definition) is 5. The minimum Gasteiger partial charge on any atom is -0.399 e. The molecule has 0 aromatic heterocycles. The summed E-state index contributed by atoms with van der Waals surface area (Å²) in [5, 5.41) is 10.7. The van der Waals surface area contributed by atoms with Crippen molar-refractivity contribution in [1.29, 1.82) is 0 Å². The lowest BCUT2D eigenvalue weighted by atomic mass is 10.1. The Morgan fingerprint density at radius 1 is 0.842 bits per heavy atom. The molecule has 0 aliphatic carbocycles. The van der Waals surface area contributed by atoms with Gasteiger partial charge in [-0.1, -0.05) is 6.07 Å². The molecule has 0 unspecified atom stereocenters. The van der Waals surface area contributed by atoms with Gasteiger partial charge in [0.15, 0.2) is 0 Å². The average Bonchev–Trinajstić information content (AvgIpc) is 2.24. The fourth-order valence-electron chi connectivity index (χ4n) is 1.71. The van der Waals surface area contributed by atoms with Gasteiger partial charge in [0.25, 0.3) is 0 Å². The fourth-order valence-corrected chi connectivity index (χ4v) is 3.14. The maximum atomic E-state index is 11.5.